The van der Waals surface area contributed by atoms with E-state index in [1.165, 1.54) is 6.07 Å². The number of hydrogen-bond donors (Lipinski definition) is 1. The summed E-state index contributed by atoms with van der Waals surface area (Å²) in [4.78, 5) is 14.3. The van der Waals surface area contributed by atoms with Gasteiger partial charge in [-0.1, -0.05) is 25.0 Å². The van der Waals surface area contributed by atoms with Crippen LogP contribution >= 0.6 is 0 Å². The third-order valence-electron chi connectivity index (χ3n) is 4.57. The maximum Gasteiger partial charge on any atom is 0.318 e. The van der Waals surface area contributed by atoms with E-state index in [2.05, 4.69) is 5.32 Å². The van der Waals surface area contributed by atoms with Crippen LogP contribution in [0.3, 0.4) is 0 Å². The Balaban J connectivity index is 1.82. The standard InChI is InChI=1S/C16H21FN2O/c17-14-7-5-6-13(12-14)16(8-1-2-9-16)18-15(20)19-10-3-4-11-19/h5-7,12H,1-4,8-11H2,(H,18,20). The van der Waals surface area contributed by atoms with Crippen molar-refractivity contribution in [2.75, 3.05) is 13.1 Å². The fourth-order valence-corrected chi connectivity index (χ4v) is 3.45. The lowest BCUT2D eigenvalue weighted by Gasteiger charge is -2.33. The average Bonchev–Trinajstić information content (AvgIpc) is 3.10. The molecule has 2 aliphatic rings. The second-order valence-electron chi connectivity index (χ2n) is 5.92. The zero-order valence-corrected chi connectivity index (χ0v) is 11.7. The zero-order chi connectivity index (χ0) is 14.0. The van der Waals surface area contributed by atoms with Gasteiger partial charge in [-0.05, 0) is 43.4 Å². The van der Waals surface area contributed by atoms with Gasteiger partial charge in [-0.15, -0.1) is 0 Å². The number of halogens is 1. The summed E-state index contributed by atoms with van der Waals surface area (Å²) in [6, 6.07) is 6.68. The molecule has 0 bridgehead atoms. The molecule has 2 fully saturated rings. The predicted molar refractivity (Wildman–Crippen MR) is 75.9 cm³/mol. The van der Waals surface area contributed by atoms with Crippen LogP contribution in [0, 0.1) is 5.82 Å². The topological polar surface area (TPSA) is 32.3 Å². The molecule has 108 valence electrons. The Hall–Kier alpha value is -1.58. The van der Waals surface area contributed by atoms with E-state index in [-0.39, 0.29) is 17.4 Å². The summed E-state index contributed by atoms with van der Waals surface area (Å²) < 4.78 is 13.5. The van der Waals surface area contributed by atoms with Crippen molar-refractivity contribution in [2.24, 2.45) is 0 Å². The molecule has 1 aromatic carbocycles. The molecule has 0 atom stereocenters. The Labute approximate surface area is 119 Å². The molecule has 1 heterocycles. The molecule has 1 aliphatic heterocycles. The molecule has 0 unspecified atom stereocenters. The third-order valence-corrected chi connectivity index (χ3v) is 4.57. The monoisotopic (exact) mass is 276 g/mol. The van der Waals surface area contributed by atoms with E-state index in [1.54, 1.807) is 12.1 Å². The van der Waals surface area contributed by atoms with Gasteiger partial charge in [0, 0.05) is 13.1 Å². The van der Waals surface area contributed by atoms with E-state index in [0.29, 0.717) is 0 Å². The highest BCUT2D eigenvalue weighted by Crippen LogP contribution is 2.39. The summed E-state index contributed by atoms with van der Waals surface area (Å²) in [7, 11) is 0. The molecule has 1 saturated carbocycles. The number of urea groups is 1. The minimum absolute atomic E-state index is 0.00802. The molecule has 3 rings (SSSR count). The summed E-state index contributed by atoms with van der Waals surface area (Å²) in [5.74, 6) is -0.232. The van der Waals surface area contributed by atoms with Gasteiger partial charge in [-0.25, -0.2) is 9.18 Å². The van der Waals surface area contributed by atoms with Gasteiger partial charge in [-0.2, -0.15) is 0 Å². The van der Waals surface area contributed by atoms with E-state index < -0.39 is 0 Å². The van der Waals surface area contributed by atoms with Gasteiger partial charge in [-0.3, -0.25) is 0 Å². The number of amides is 2. The quantitative estimate of drug-likeness (QED) is 0.882. The maximum absolute atomic E-state index is 13.5. The van der Waals surface area contributed by atoms with Gasteiger partial charge in [0.2, 0.25) is 0 Å². The number of likely N-dealkylation sites (tertiary alicyclic amines) is 1. The lowest BCUT2D eigenvalue weighted by molar-refractivity contribution is 0.192. The highest BCUT2D eigenvalue weighted by atomic mass is 19.1. The number of hydrogen-bond acceptors (Lipinski definition) is 1. The number of carbonyl (C=O) groups excluding carboxylic acids is 1. The van der Waals surface area contributed by atoms with Crippen molar-refractivity contribution >= 4 is 6.03 Å². The normalized spacial score (nSPS) is 21.1. The largest absolute Gasteiger partial charge is 0.328 e. The van der Waals surface area contributed by atoms with Gasteiger partial charge in [0.05, 0.1) is 5.54 Å². The molecular formula is C16H21FN2O. The van der Waals surface area contributed by atoms with E-state index in [9.17, 15) is 9.18 Å². The Morgan fingerprint density at radius 2 is 1.85 bits per heavy atom. The second-order valence-corrected chi connectivity index (χ2v) is 5.92. The van der Waals surface area contributed by atoms with E-state index in [1.807, 2.05) is 11.0 Å². The van der Waals surface area contributed by atoms with Gasteiger partial charge in [0.1, 0.15) is 5.82 Å². The van der Waals surface area contributed by atoms with Gasteiger partial charge >= 0.3 is 6.03 Å². The van der Waals surface area contributed by atoms with Gasteiger partial charge < -0.3 is 10.2 Å². The van der Waals surface area contributed by atoms with Crippen molar-refractivity contribution in [1.82, 2.24) is 10.2 Å². The Morgan fingerprint density at radius 3 is 2.50 bits per heavy atom. The van der Waals surface area contributed by atoms with E-state index in [4.69, 9.17) is 0 Å². The Kier molecular flexibility index (Phi) is 3.64. The van der Waals surface area contributed by atoms with Crippen molar-refractivity contribution in [1.29, 1.82) is 0 Å². The number of carbonyl (C=O) groups is 1. The summed E-state index contributed by atoms with van der Waals surface area (Å²) in [6.45, 7) is 1.68. The van der Waals surface area contributed by atoms with Crippen molar-refractivity contribution < 1.29 is 9.18 Å². The molecule has 1 N–H and O–H groups in total. The maximum atomic E-state index is 13.5. The van der Waals surface area contributed by atoms with Gasteiger partial charge in [0.15, 0.2) is 0 Å². The van der Waals surface area contributed by atoms with Crippen LogP contribution in [0.15, 0.2) is 24.3 Å². The average molecular weight is 276 g/mol. The van der Waals surface area contributed by atoms with Crippen LogP contribution < -0.4 is 5.32 Å². The number of nitrogens with one attached hydrogen (secondary N) is 1. The SMILES string of the molecule is O=C(NC1(c2cccc(F)c2)CCCC1)N1CCCC1. The first kappa shape index (κ1) is 13.4. The first-order valence-corrected chi connectivity index (χ1v) is 7.53. The van der Waals surface area contributed by atoms with Crippen LogP contribution in [0.2, 0.25) is 0 Å². The molecular weight excluding hydrogens is 255 g/mol. The number of rotatable bonds is 2. The van der Waals surface area contributed by atoms with Crippen LogP contribution in [0.25, 0.3) is 0 Å². The highest BCUT2D eigenvalue weighted by molar-refractivity contribution is 5.75. The summed E-state index contributed by atoms with van der Waals surface area (Å²) in [5.41, 5.74) is 0.532. The highest BCUT2D eigenvalue weighted by Gasteiger charge is 2.38. The third kappa shape index (κ3) is 2.51. The minimum Gasteiger partial charge on any atom is -0.328 e. The number of nitrogens with zero attached hydrogens (tertiary/aromatic N) is 1. The Morgan fingerprint density at radius 1 is 1.15 bits per heavy atom. The van der Waals surface area contributed by atoms with Crippen molar-refractivity contribution in [3.63, 3.8) is 0 Å². The molecule has 1 aliphatic carbocycles. The van der Waals surface area contributed by atoms with Crippen LogP contribution in [0.1, 0.15) is 44.1 Å². The van der Waals surface area contributed by atoms with Gasteiger partial charge in [0.25, 0.3) is 0 Å². The van der Waals surface area contributed by atoms with E-state index >= 15 is 0 Å². The molecule has 1 saturated heterocycles. The van der Waals surface area contributed by atoms with Crippen molar-refractivity contribution in [2.45, 2.75) is 44.1 Å². The number of benzene rings is 1. The first-order valence-electron chi connectivity index (χ1n) is 7.53. The van der Waals surface area contributed by atoms with Crippen LogP contribution in [0.4, 0.5) is 9.18 Å². The molecule has 3 nitrogen and oxygen atoms in total. The first-order chi connectivity index (χ1) is 9.70. The molecule has 2 amide bonds. The molecule has 20 heavy (non-hydrogen) atoms. The predicted octanol–water partition coefficient (Wildman–Crippen LogP) is 3.40. The zero-order valence-electron chi connectivity index (χ0n) is 11.7. The van der Waals surface area contributed by atoms with Crippen LogP contribution in [0.5, 0.6) is 0 Å². The lowest BCUT2D eigenvalue weighted by Crippen LogP contribution is -2.49. The smallest absolute Gasteiger partial charge is 0.318 e. The molecule has 0 radical (unpaired) electrons. The lowest BCUT2D eigenvalue weighted by atomic mass is 9.88. The fraction of sp³-hybridized carbons (Fsp3) is 0.562. The van der Waals surface area contributed by atoms with E-state index in [0.717, 1.165) is 57.2 Å². The Bertz CT molecular complexity index is 491. The molecule has 0 aromatic heterocycles. The summed E-state index contributed by atoms with van der Waals surface area (Å²) in [6.07, 6.45) is 6.13. The van der Waals surface area contributed by atoms with Crippen molar-refractivity contribution in [3.8, 4) is 0 Å². The van der Waals surface area contributed by atoms with Crippen LogP contribution in [-0.2, 0) is 5.54 Å². The summed E-state index contributed by atoms with van der Waals surface area (Å²) in [5, 5.41) is 3.20. The van der Waals surface area contributed by atoms with Crippen molar-refractivity contribution in [3.05, 3.63) is 35.6 Å². The minimum atomic E-state index is -0.373. The van der Waals surface area contributed by atoms with Crippen LogP contribution in [-0.4, -0.2) is 24.0 Å². The molecule has 4 heteroatoms. The summed E-state index contributed by atoms with van der Waals surface area (Å²) >= 11 is 0. The second kappa shape index (κ2) is 5.43. The fourth-order valence-electron chi connectivity index (χ4n) is 3.45. The molecule has 1 aromatic rings. The molecule has 0 spiro atoms.